The molecule has 0 aliphatic heterocycles. The van der Waals surface area contributed by atoms with Crippen LogP contribution in [0.25, 0.3) is 22.9 Å². The van der Waals surface area contributed by atoms with Gasteiger partial charge in [0.2, 0.25) is 11.8 Å². The Morgan fingerprint density at radius 2 is 1.71 bits per heavy atom. The van der Waals surface area contributed by atoms with Gasteiger partial charge in [-0.2, -0.15) is 0 Å². The molecule has 3 aromatic rings. The first-order chi connectivity index (χ1) is 13.6. The van der Waals surface area contributed by atoms with Crippen molar-refractivity contribution < 1.29 is 9.21 Å². The van der Waals surface area contributed by atoms with Crippen molar-refractivity contribution in [3.05, 3.63) is 59.7 Å². The molecule has 5 nitrogen and oxygen atoms in total. The van der Waals surface area contributed by atoms with Crippen LogP contribution in [-0.4, -0.2) is 22.1 Å². The molecule has 1 amide bonds. The van der Waals surface area contributed by atoms with Gasteiger partial charge in [0.1, 0.15) is 0 Å². The molecule has 0 bridgehead atoms. The van der Waals surface area contributed by atoms with Crippen LogP contribution in [0.15, 0.2) is 52.9 Å². The summed E-state index contributed by atoms with van der Waals surface area (Å²) < 4.78 is 5.85. The Morgan fingerprint density at radius 1 is 1.00 bits per heavy atom. The first-order valence-corrected chi connectivity index (χ1v) is 9.92. The topological polar surface area (TPSA) is 68.0 Å². The summed E-state index contributed by atoms with van der Waals surface area (Å²) in [7, 11) is 0. The van der Waals surface area contributed by atoms with E-state index < -0.39 is 0 Å². The van der Waals surface area contributed by atoms with E-state index in [1.165, 1.54) is 19.3 Å². The van der Waals surface area contributed by atoms with E-state index in [-0.39, 0.29) is 11.9 Å². The van der Waals surface area contributed by atoms with Gasteiger partial charge in [-0.25, -0.2) is 0 Å². The number of rotatable bonds is 4. The standard InChI is InChI=1S/C23H25N3O2/c1-15-7-3-5-9-19(15)23-26-25-22(28-23)18-13-11-17(12-14-18)21(27)24-20-10-6-4-8-16(20)2/h3,5,7,9,11-14,16,20H,4,6,8,10H2,1-2H3,(H,24,27). The first-order valence-electron chi connectivity index (χ1n) is 9.92. The van der Waals surface area contributed by atoms with Crippen LogP contribution in [0.5, 0.6) is 0 Å². The van der Waals surface area contributed by atoms with Gasteiger partial charge >= 0.3 is 0 Å². The van der Waals surface area contributed by atoms with Crippen molar-refractivity contribution >= 4 is 5.91 Å². The molecule has 28 heavy (non-hydrogen) atoms. The fourth-order valence-electron chi connectivity index (χ4n) is 3.81. The zero-order valence-electron chi connectivity index (χ0n) is 16.3. The van der Waals surface area contributed by atoms with Gasteiger partial charge in [0.15, 0.2) is 0 Å². The zero-order valence-corrected chi connectivity index (χ0v) is 16.3. The lowest BCUT2D eigenvalue weighted by Gasteiger charge is -2.29. The highest BCUT2D eigenvalue weighted by atomic mass is 16.4. The lowest BCUT2D eigenvalue weighted by molar-refractivity contribution is 0.0910. The summed E-state index contributed by atoms with van der Waals surface area (Å²) in [5.74, 6) is 1.47. The van der Waals surface area contributed by atoms with Gasteiger partial charge in [-0.3, -0.25) is 4.79 Å². The van der Waals surface area contributed by atoms with Crippen LogP contribution in [0.2, 0.25) is 0 Å². The predicted molar refractivity (Wildman–Crippen MR) is 109 cm³/mol. The van der Waals surface area contributed by atoms with Crippen LogP contribution in [0.3, 0.4) is 0 Å². The van der Waals surface area contributed by atoms with Crippen LogP contribution in [0.1, 0.15) is 48.5 Å². The third-order valence-electron chi connectivity index (χ3n) is 5.62. The Bertz CT molecular complexity index is 962. The number of amides is 1. The number of hydrogen-bond donors (Lipinski definition) is 1. The number of carbonyl (C=O) groups excluding carboxylic acids is 1. The molecule has 0 spiro atoms. The molecule has 0 saturated heterocycles. The Balaban J connectivity index is 1.48. The Morgan fingerprint density at radius 3 is 2.46 bits per heavy atom. The minimum atomic E-state index is -0.0172. The van der Waals surface area contributed by atoms with E-state index in [1.54, 1.807) is 0 Å². The fourth-order valence-corrected chi connectivity index (χ4v) is 3.81. The number of carbonyl (C=O) groups is 1. The minimum Gasteiger partial charge on any atom is -0.416 e. The van der Waals surface area contributed by atoms with Gasteiger partial charge < -0.3 is 9.73 Å². The quantitative estimate of drug-likeness (QED) is 0.695. The second kappa shape index (κ2) is 7.97. The Labute approximate surface area is 165 Å². The average molecular weight is 375 g/mol. The number of aromatic nitrogens is 2. The maximum Gasteiger partial charge on any atom is 0.251 e. The van der Waals surface area contributed by atoms with E-state index >= 15 is 0 Å². The summed E-state index contributed by atoms with van der Waals surface area (Å²) in [6, 6.07) is 15.5. The van der Waals surface area contributed by atoms with Gasteiger partial charge in [0, 0.05) is 22.7 Å². The average Bonchev–Trinajstić information content (AvgIpc) is 3.20. The molecule has 1 saturated carbocycles. The molecule has 5 heteroatoms. The highest BCUT2D eigenvalue weighted by Crippen LogP contribution is 2.27. The molecule has 144 valence electrons. The van der Waals surface area contributed by atoms with Crippen molar-refractivity contribution in [2.45, 2.75) is 45.6 Å². The molecule has 1 fully saturated rings. The van der Waals surface area contributed by atoms with Crippen molar-refractivity contribution in [1.82, 2.24) is 15.5 Å². The normalized spacial score (nSPS) is 19.4. The molecule has 2 unspecified atom stereocenters. The summed E-state index contributed by atoms with van der Waals surface area (Å²) in [4.78, 5) is 12.6. The summed E-state index contributed by atoms with van der Waals surface area (Å²) in [6.07, 6.45) is 4.70. The number of benzene rings is 2. The van der Waals surface area contributed by atoms with Crippen LogP contribution in [0.4, 0.5) is 0 Å². The van der Waals surface area contributed by atoms with Crippen LogP contribution < -0.4 is 5.32 Å². The molecule has 1 heterocycles. The van der Waals surface area contributed by atoms with Crippen molar-refractivity contribution in [2.75, 3.05) is 0 Å². The van der Waals surface area contributed by atoms with Crippen molar-refractivity contribution in [1.29, 1.82) is 0 Å². The largest absolute Gasteiger partial charge is 0.416 e. The number of aryl methyl sites for hydroxylation is 1. The van der Waals surface area contributed by atoms with E-state index in [9.17, 15) is 4.79 Å². The summed E-state index contributed by atoms with van der Waals surface area (Å²) >= 11 is 0. The molecule has 1 aliphatic carbocycles. The minimum absolute atomic E-state index is 0.0172. The monoisotopic (exact) mass is 375 g/mol. The van der Waals surface area contributed by atoms with E-state index in [1.807, 2.05) is 55.5 Å². The molecular weight excluding hydrogens is 350 g/mol. The van der Waals surface area contributed by atoms with Gasteiger partial charge in [-0.1, -0.05) is 38.0 Å². The molecule has 1 aliphatic rings. The van der Waals surface area contributed by atoms with E-state index in [0.717, 1.165) is 23.1 Å². The molecule has 2 atom stereocenters. The fraction of sp³-hybridized carbons (Fsp3) is 0.348. The molecular formula is C23H25N3O2. The summed E-state index contributed by atoms with van der Waals surface area (Å²) in [6.45, 7) is 4.23. The lowest BCUT2D eigenvalue weighted by atomic mass is 9.86. The van der Waals surface area contributed by atoms with Gasteiger partial charge in [0.25, 0.3) is 5.91 Å². The van der Waals surface area contributed by atoms with Crippen molar-refractivity contribution in [3.63, 3.8) is 0 Å². The first kappa shape index (κ1) is 18.4. The molecule has 0 radical (unpaired) electrons. The van der Waals surface area contributed by atoms with Crippen LogP contribution >= 0.6 is 0 Å². The second-order valence-electron chi connectivity index (χ2n) is 7.65. The zero-order chi connectivity index (χ0) is 19.5. The van der Waals surface area contributed by atoms with Crippen molar-refractivity contribution in [3.8, 4) is 22.9 Å². The highest BCUT2D eigenvalue weighted by Gasteiger charge is 2.23. The maximum absolute atomic E-state index is 12.6. The maximum atomic E-state index is 12.6. The van der Waals surface area contributed by atoms with Crippen LogP contribution in [0, 0.1) is 12.8 Å². The Hall–Kier alpha value is -2.95. The SMILES string of the molecule is Cc1ccccc1-c1nnc(-c2ccc(C(=O)NC3CCCCC3C)cc2)o1. The smallest absolute Gasteiger partial charge is 0.251 e. The summed E-state index contributed by atoms with van der Waals surface area (Å²) in [5, 5.41) is 11.5. The van der Waals surface area contributed by atoms with Gasteiger partial charge in [-0.15, -0.1) is 10.2 Å². The molecule has 1 N–H and O–H groups in total. The third-order valence-corrected chi connectivity index (χ3v) is 5.62. The lowest BCUT2D eigenvalue weighted by Crippen LogP contribution is -2.41. The number of hydrogen-bond acceptors (Lipinski definition) is 4. The van der Waals surface area contributed by atoms with Crippen molar-refractivity contribution in [2.24, 2.45) is 5.92 Å². The second-order valence-corrected chi connectivity index (χ2v) is 7.65. The van der Waals surface area contributed by atoms with E-state index in [2.05, 4.69) is 22.4 Å². The predicted octanol–water partition coefficient (Wildman–Crippen LogP) is 5.02. The van der Waals surface area contributed by atoms with E-state index in [4.69, 9.17) is 4.42 Å². The Kier molecular flexibility index (Phi) is 5.24. The third kappa shape index (κ3) is 3.84. The molecule has 2 aromatic carbocycles. The summed E-state index contributed by atoms with van der Waals surface area (Å²) in [5.41, 5.74) is 3.47. The number of nitrogens with zero attached hydrogens (tertiary/aromatic N) is 2. The molecule has 1 aromatic heterocycles. The van der Waals surface area contributed by atoms with E-state index in [0.29, 0.717) is 23.3 Å². The highest BCUT2D eigenvalue weighted by molar-refractivity contribution is 5.94. The van der Waals surface area contributed by atoms with Gasteiger partial charge in [-0.05, 0) is 61.6 Å². The van der Waals surface area contributed by atoms with Crippen LogP contribution in [-0.2, 0) is 0 Å². The molecule has 4 rings (SSSR count). The number of nitrogens with one attached hydrogen (secondary N) is 1. The van der Waals surface area contributed by atoms with Gasteiger partial charge in [0.05, 0.1) is 0 Å².